The zero-order chi connectivity index (χ0) is 15.5. The molecule has 0 aliphatic rings. The molecule has 0 spiro atoms. The summed E-state index contributed by atoms with van der Waals surface area (Å²) in [6, 6.07) is 4.44. The number of methoxy groups -OCH3 is 1. The van der Waals surface area contributed by atoms with Crippen LogP contribution in [-0.4, -0.2) is 30.3 Å². The van der Waals surface area contributed by atoms with Crippen LogP contribution in [-0.2, 0) is 23.1 Å². The number of hydrogen-bond donors (Lipinski definition) is 2. The van der Waals surface area contributed by atoms with E-state index in [9.17, 15) is 8.42 Å². The summed E-state index contributed by atoms with van der Waals surface area (Å²) in [5, 5.41) is 7.62. The molecule has 1 aromatic heterocycles. The summed E-state index contributed by atoms with van der Waals surface area (Å²) >= 11 is 0. The van der Waals surface area contributed by atoms with E-state index in [1.807, 2.05) is 6.92 Å². The molecule has 0 bridgehead atoms. The average molecular weight is 311 g/mol. The molecule has 0 fully saturated rings. The molecule has 114 valence electrons. The lowest BCUT2D eigenvalue weighted by Crippen LogP contribution is -2.25. The molecule has 0 amide bonds. The van der Waals surface area contributed by atoms with Gasteiger partial charge in [-0.15, -0.1) is 10.2 Å². The second-order valence-electron chi connectivity index (χ2n) is 4.27. The first-order valence-electron chi connectivity index (χ1n) is 6.27. The number of hydrogen-bond acceptors (Lipinski definition) is 6. The molecule has 3 N–H and O–H groups in total. The lowest BCUT2D eigenvalue weighted by atomic mass is 10.3. The van der Waals surface area contributed by atoms with Crippen LogP contribution in [0, 0.1) is 0 Å². The minimum Gasteiger partial charge on any atom is -0.495 e. The van der Waals surface area contributed by atoms with Gasteiger partial charge in [-0.05, 0) is 25.1 Å². The number of nitrogens with one attached hydrogen (secondary N) is 1. The van der Waals surface area contributed by atoms with Crippen LogP contribution >= 0.6 is 0 Å². The van der Waals surface area contributed by atoms with Gasteiger partial charge in [-0.2, -0.15) is 0 Å². The normalized spacial score (nSPS) is 11.5. The van der Waals surface area contributed by atoms with Crippen molar-refractivity contribution in [3.8, 4) is 5.75 Å². The summed E-state index contributed by atoms with van der Waals surface area (Å²) in [4.78, 5) is -0.00689. The molecular formula is C12H17N5O3S. The van der Waals surface area contributed by atoms with Crippen molar-refractivity contribution in [2.75, 3.05) is 12.8 Å². The van der Waals surface area contributed by atoms with Gasteiger partial charge in [0.2, 0.25) is 10.0 Å². The molecule has 2 rings (SSSR count). The van der Waals surface area contributed by atoms with Crippen LogP contribution in [0.15, 0.2) is 29.4 Å². The minimum absolute atomic E-state index is 0.00689. The summed E-state index contributed by atoms with van der Waals surface area (Å²) in [7, 11) is -2.36. The van der Waals surface area contributed by atoms with Crippen LogP contribution in [0.25, 0.3) is 0 Å². The summed E-state index contributed by atoms with van der Waals surface area (Å²) in [5.41, 5.74) is 5.98. The fraction of sp³-hybridized carbons (Fsp3) is 0.333. The van der Waals surface area contributed by atoms with E-state index >= 15 is 0 Å². The lowest BCUT2D eigenvalue weighted by molar-refractivity contribution is 0.402. The first-order valence-corrected chi connectivity index (χ1v) is 7.76. The van der Waals surface area contributed by atoms with Gasteiger partial charge in [0.15, 0.2) is 0 Å². The first-order chi connectivity index (χ1) is 9.97. The van der Waals surface area contributed by atoms with Gasteiger partial charge in [-0.25, -0.2) is 13.1 Å². The predicted molar refractivity (Wildman–Crippen MR) is 77.1 cm³/mol. The third-order valence-electron chi connectivity index (χ3n) is 2.93. The number of anilines is 1. The van der Waals surface area contributed by atoms with Gasteiger partial charge in [0, 0.05) is 12.2 Å². The minimum atomic E-state index is -3.76. The first kappa shape index (κ1) is 15.3. The van der Waals surface area contributed by atoms with Crippen LogP contribution in [0.5, 0.6) is 5.75 Å². The van der Waals surface area contributed by atoms with E-state index in [0.717, 1.165) is 0 Å². The summed E-state index contributed by atoms with van der Waals surface area (Å²) < 4.78 is 34.0. The van der Waals surface area contributed by atoms with E-state index in [1.54, 1.807) is 17.0 Å². The quantitative estimate of drug-likeness (QED) is 0.745. The fourth-order valence-electron chi connectivity index (χ4n) is 1.82. The topological polar surface area (TPSA) is 112 Å². The van der Waals surface area contributed by atoms with E-state index in [0.29, 0.717) is 18.1 Å². The van der Waals surface area contributed by atoms with E-state index < -0.39 is 10.0 Å². The maximum Gasteiger partial charge on any atom is 0.244 e. The average Bonchev–Trinajstić information content (AvgIpc) is 2.92. The second-order valence-corrected chi connectivity index (χ2v) is 6.00. The molecule has 0 radical (unpaired) electrons. The van der Waals surface area contributed by atoms with Gasteiger partial charge < -0.3 is 15.0 Å². The van der Waals surface area contributed by atoms with Crippen molar-refractivity contribution >= 4 is 15.7 Å². The Morgan fingerprint density at radius 3 is 2.86 bits per heavy atom. The lowest BCUT2D eigenvalue weighted by Gasteiger charge is -2.11. The largest absolute Gasteiger partial charge is 0.495 e. The van der Waals surface area contributed by atoms with Gasteiger partial charge >= 0.3 is 0 Å². The Labute approximate surface area is 123 Å². The van der Waals surface area contributed by atoms with Crippen molar-refractivity contribution in [2.24, 2.45) is 0 Å². The highest BCUT2D eigenvalue weighted by atomic mass is 32.2. The van der Waals surface area contributed by atoms with Crippen molar-refractivity contribution in [1.29, 1.82) is 0 Å². The monoisotopic (exact) mass is 311 g/mol. The fourth-order valence-corrected chi connectivity index (χ4v) is 3.00. The predicted octanol–water partition coefficient (Wildman–Crippen LogP) is 0.367. The molecule has 8 nitrogen and oxygen atoms in total. The van der Waals surface area contributed by atoms with Crippen molar-refractivity contribution in [3.63, 3.8) is 0 Å². The number of aryl methyl sites for hydroxylation is 1. The summed E-state index contributed by atoms with van der Waals surface area (Å²) in [6.45, 7) is 2.61. The van der Waals surface area contributed by atoms with Gasteiger partial charge in [-0.3, -0.25) is 0 Å². The van der Waals surface area contributed by atoms with E-state index in [-0.39, 0.29) is 17.2 Å². The zero-order valence-electron chi connectivity index (χ0n) is 11.8. The highest BCUT2D eigenvalue weighted by Gasteiger charge is 2.20. The number of benzene rings is 1. The highest BCUT2D eigenvalue weighted by molar-refractivity contribution is 7.89. The van der Waals surface area contributed by atoms with Crippen molar-refractivity contribution < 1.29 is 13.2 Å². The van der Waals surface area contributed by atoms with E-state index in [2.05, 4.69) is 14.9 Å². The van der Waals surface area contributed by atoms with E-state index in [4.69, 9.17) is 10.5 Å². The Kier molecular flexibility index (Phi) is 4.43. The van der Waals surface area contributed by atoms with Crippen molar-refractivity contribution in [1.82, 2.24) is 19.5 Å². The van der Waals surface area contributed by atoms with Crippen LogP contribution in [0.4, 0.5) is 5.69 Å². The molecule has 0 atom stereocenters. The van der Waals surface area contributed by atoms with Gasteiger partial charge in [0.05, 0.1) is 13.7 Å². The number of nitrogens with zero attached hydrogens (tertiary/aromatic N) is 3. The summed E-state index contributed by atoms with van der Waals surface area (Å²) in [5.74, 6) is 0.762. The zero-order valence-corrected chi connectivity index (χ0v) is 12.6. The smallest absolute Gasteiger partial charge is 0.244 e. The Morgan fingerprint density at radius 2 is 2.19 bits per heavy atom. The SMILES string of the molecule is CCn1cnnc1CNS(=O)(=O)c1cc(N)ccc1OC. The molecule has 21 heavy (non-hydrogen) atoms. The molecule has 2 aromatic rings. The van der Waals surface area contributed by atoms with Crippen LogP contribution in [0.3, 0.4) is 0 Å². The van der Waals surface area contributed by atoms with Crippen molar-refractivity contribution in [3.05, 3.63) is 30.4 Å². The number of ether oxygens (including phenoxy) is 1. The molecule has 0 saturated carbocycles. The maximum absolute atomic E-state index is 12.4. The number of nitrogen functional groups attached to an aromatic ring is 1. The second kappa shape index (κ2) is 6.10. The van der Waals surface area contributed by atoms with Crippen LogP contribution < -0.4 is 15.2 Å². The van der Waals surface area contributed by atoms with Gasteiger partial charge in [0.1, 0.15) is 22.8 Å². The molecule has 0 aliphatic carbocycles. The molecule has 0 unspecified atom stereocenters. The van der Waals surface area contributed by atoms with E-state index in [1.165, 1.54) is 19.2 Å². The third kappa shape index (κ3) is 3.31. The molecule has 0 saturated heterocycles. The van der Waals surface area contributed by atoms with Crippen molar-refractivity contribution in [2.45, 2.75) is 24.9 Å². The van der Waals surface area contributed by atoms with Crippen LogP contribution in [0.1, 0.15) is 12.7 Å². The third-order valence-corrected chi connectivity index (χ3v) is 4.36. The molecule has 1 heterocycles. The molecular weight excluding hydrogens is 294 g/mol. The Bertz CT molecular complexity index is 726. The molecule has 0 aliphatic heterocycles. The number of nitrogens with two attached hydrogens (primary N) is 1. The van der Waals surface area contributed by atoms with Gasteiger partial charge in [-0.1, -0.05) is 0 Å². The van der Waals surface area contributed by atoms with Crippen LogP contribution in [0.2, 0.25) is 0 Å². The standard InChI is InChI=1S/C12H17N5O3S/c1-3-17-8-14-16-12(17)7-15-21(18,19)11-6-9(13)4-5-10(11)20-2/h4-6,8,15H,3,7,13H2,1-2H3. The molecule has 9 heteroatoms. The summed E-state index contributed by atoms with van der Waals surface area (Å²) in [6.07, 6.45) is 1.55. The number of sulfonamides is 1. The highest BCUT2D eigenvalue weighted by Crippen LogP contribution is 2.25. The number of aromatic nitrogens is 3. The Balaban J connectivity index is 2.25. The Morgan fingerprint density at radius 1 is 1.43 bits per heavy atom. The van der Waals surface area contributed by atoms with Gasteiger partial charge in [0.25, 0.3) is 0 Å². The Hall–Kier alpha value is -2.13. The number of rotatable bonds is 6. The maximum atomic E-state index is 12.4. The molecule has 1 aromatic carbocycles.